The first-order valence-electron chi connectivity index (χ1n) is 7.52. The van der Waals surface area contributed by atoms with Crippen molar-refractivity contribution in [2.45, 2.75) is 13.5 Å². The minimum absolute atomic E-state index is 0.421. The van der Waals surface area contributed by atoms with Gasteiger partial charge in [0.25, 0.3) is 5.95 Å². The highest BCUT2D eigenvalue weighted by atomic mass is 35.5. The van der Waals surface area contributed by atoms with Crippen molar-refractivity contribution in [2.75, 3.05) is 5.32 Å². The number of hydrogen-bond donors (Lipinski definition) is 1. The highest BCUT2D eigenvalue weighted by Gasteiger charge is 2.17. The first-order valence-corrected chi connectivity index (χ1v) is 9.47. The lowest BCUT2D eigenvalue weighted by Crippen LogP contribution is -2.07. The van der Waals surface area contributed by atoms with Gasteiger partial charge < -0.3 is 5.32 Å². The Morgan fingerprint density at radius 2 is 2.00 bits per heavy atom. The lowest BCUT2D eigenvalue weighted by Gasteiger charge is -2.10. The van der Waals surface area contributed by atoms with Crippen molar-refractivity contribution in [1.29, 1.82) is 0 Å². The summed E-state index contributed by atoms with van der Waals surface area (Å²) in [5, 5.41) is 9.87. The molecule has 1 aromatic carbocycles. The van der Waals surface area contributed by atoms with E-state index in [-0.39, 0.29) is 0 Å². The molecule has 3 heterocycles. The Bertz CT molecular complexity index is 1090. The summed E-state index contributed by atoms with van der Waals surface area (Å²) in [7, 11) is 0. The van der Waals surface area contributed by atoms with Gasteiger partial charge in [0.2, 0.25) is 0 Å². The Morgan fingerprint density at radius 3 is 2.73 bits per heavy atom. The highest BCUT2D eigenvalue weighted by Crippen LogP contribution is 2.38. The summed E-state index contributed by atoms with van der Waals surface area (Å²) in [6.45, 7) is 2.46. The van der Waals surface area contributed by atoms with Crippen LogP contribution in [-0.4, -0.2) is 24.7 Å². The van der Waals surface area contributed by atoms with Gasteiger partial charge in [0.15, 0.2) is 0 Å². The summed E-state index contributed by atoms with van der Waals surface area (Å²) < 4.78 is 1.51. The number of halogens is 3. The molecule has 0 amide bonds. The molecule has 4 rings (SSSR count). The van der Waals surface area contributed by atoms with Crippen LogP contribution in [0.15, 0.2) is 30.9 Å². The van der Waals surface area contributed by atoms with Gasteiger partial charge in [0, 0.05) is 11.4 Å². The smallest absolute Gasteiger partial charge is 0.255 e. The van der Waals surface area contributed by atoms with E-state index in [9.17, 15) is 0 Å². The third kappa shape index (κ3) is 3.23. The molecular formula is C16H11Cl3N6S. The number of hydrogen-bond acceptors (Lipinski definition) is 6. The molecule has 26 heavy (non-hydrogen) atoms. The summed E-state index contributed by atoms with van der Waals surface area (Å²) in [5.41, 5.74) is 0.969. The first kappa shape index (κ1) is 17.5. The molecule has 0 radical (unpaired) electrons. The van der Waals surface area contributed by atoms with Crippen LogP contribution in [0.25, 0.3) is 16.2 Å². The molecule has 0 saturated carbocycles. The van der Waals surface area contributed by atoms with E-state index in [0.717, 1.165) is 20.7 Å². The van der Waals surface area contributed by atoms with Gasteiger partial charge in [-0.05, 0) is 24.6 Å². The van der Waals surface area contributed by atoms with Crippen molar-refractivity contribution in [2.24, 2.45) is 0 Å². The number of anilines is 1. The fourth-order valence-electron chi connectivity index (χ4n) is 2.44. The minimum atomic E-state index is 0.421. The molecule has 6 nitrogen and oxygen atoms in total. The number of aryl methyl sites for hydroxylation is 1. The normalized spacial score (nSPS) is 11.2. The van der Waals surface area contributed by atoms with Gasteiger partial charge in [-0.1, -0.05) is 40.9 Å². The lowest BCUT2D eigenvalue weighted by molar-refractivity contribution is 0.815. The fraction of sp³-hybridized carbons (Fsp3) is 0.125. The molecule has 1 N–H and O–H groups in total. The Kier molecular flexibility index (Phi) is 4.71. The number of thiophene rings is 1. The topological polar surface area (TPSA) is 68.5 Å². The van der Waals surface area contributed by atoms with Gasteiger partial charge in [-0.3, -0.25) is 0 Å². The fourth-order valence-corrected chi connectivity index (χ4v) is 4.02. The largest absolute Gasteiger partial charge is 0.365 e. The molecule has 0 bridgehead atoms. The summed E-state index contributed by atoms with van der Waals surface area (Å²) in [6.07, 6.45) is 2.98. The molecule has 132 valence electrons. The van der Waals surface area contributed by atoms with Gasteiger partial charge in [0.1, 0.15) is 23.3 Å². The number of nitrogens with one attached hydrogen (secondary N) is 1. The van der Waals surface area contributed by atoms with E-state index in [2.05, 4.69) is 25.4 Å². The van der Waals surface area contributed by atoms with Crippen molar-refractivity contribution >= 4 is 62.2 Å². The Hall–Kier alpha value is -1.93. The summed E-state index contributed by atoms with van der Waals surface area (Å²) >= 11 is 20.0. The zero-order chi connectivity index (χ0) is 18.3. The Balaban J connectivity index is 1.75. The van der Waals surface area contributed by atoms with E-state index in [0.29, 0.717) is 33.4 Å². The van der Waals surface area contributed by atoms with Gasteiger partial charge in [-0.15, -0.1) is 11.3 Å². The second-order valence-corrected chi connectivity index (χ2v) is 7.86. The Morgan fingerprint density at radius 1 is 1.15 bits per heavy atom. The van der Waals surface area contributed by atoms with Crippen molar-refractivity contribution in [1.82, 2.24) is 24.7 Å². The van der Waals surface area contributed by atoms with Crippen molar-refractivity contribution < 1.29 is 0 Å². The third-order valence-corrected chi connectivity index (χ3v) is 6.03. The quantitative estimate of drug-likeness (QED) is 0.489. The molecule has 0 fully saturated rings. The molecule has 0 spiro atoms. The molecule has 4 aromatic rings. The van der Waals surface area contributed by atoms with Crippen LogP contribution in [0, 0.1) is 6.92 Å². The summed E-state index contributed by atoms with van der Waals surface area (Å²) in [4.78, 5) is 14.8. The van der Waals surface area contributed by atoms with Crippen molar-refractivity contribution in [3.8, 4) is 5.95 Å². The predicted octanol–water partition coefficient (Wildman–Crippen LogP) is 5.15. The average molecular weight is 426 g/mol. The summed E-state index contributed by atoms with van der Waals surface area (Å²) in [6, 6.07) is 5.48. The second-order valence-electron chi connectivity index (χ2n) is 5.47. The molecule has 0 atom stereocenters. The zero-order valence-electron chi connectivity index (χ0n) is 13.4. The van der Waals surface area contributed by atoms with E-state index in [1.165, 1.54) is 22.3 Å². The van der Waals surface area contributed by atoms with Crippen LogP contribution >= 0.6 is 46.1 Å². The average Bonchev–Trinajstić information content (AvgIpc) is 3.25. The Labute approximate surface area is 167 Å². The van der Waals surface area contributed by atoms with E-state index in [1.807, 2.05) is 19.1 Å². The van der Waals surface area contributed by atoms with Crippen LogP contribution in [-0.2, 0) is 6.54 Å². The van der Waals surface area contributed by atoms with Gasteiger partial charge in [-0.2, -0.15) is 19.7 Å². The maximum Gasteiger partial charge on any atom is 0.255 e. The number of fused-ring (bicyclic) bond motifs is 1. The van der Waals surface area contributed by atoms with E-state index in [1.54, 1.807) is 12.4 Å². The molecule has 0 aliphatic rings. The van der Waals surface area contributed by atoms with Gasteiger partial charge in [0.05, 0.1) is 20.5 Å². The third-order valence-electron chi connectivity index (χ3n) is 3.71. The van der Waals surface area contributed by atoms with Crippen LogP contribution in [0.2, 0.25) is 15.1 Å². The van der Waals surface area contributed by atoms with Crippen LogP contribution in [0.1, 0.15) is 10.4 Å². The maximum absolute atomic E-state index is 6.47. The van der Waals surface area contributed by atoms with Gasteiger partial charge in [-0.25, -0.2) is 4.98 Å². The highest BCUT2D eigenvalue weighted by molar-refractivity contribution is 7.19. The molecule has 0 unspecified atom stereocenters. The number of benzene rings is 1. The van der Waals surface area contributed by atoms with Gasteiger partial charge >= 0.3 is 0 Å². The second kappa shape index (κ2) is 7.00. The maximum atomic E-state index is 6.47. The van der Waals surface area contributed by atoms with Crippen LogP contribution in [0.5, 0.6) is 0 Å². The molecule has 0 saturated heterocycles. The van der Waals surface area contributed by atoms with Crippen LogP contribution in [0.4, 0.5) is 5.82 Å². The zero-order valence-corrected chi connectivity index (χ0v) is 16.5. The standard InChI is InChI=1S/C16H11Cl3N6S/c1-8-13(19)12-14(21-5-9-2-3-10(17)11(18)4-9)23-16(24-15(12)26-8)25-7-20-6-22-25/h2-4,6-7H,5H2,1H3,(H,21,23,24). The predicted molar refractivity (Wildman–Crippen MR) is 106 cm³/mol. The van der Waals surface area contributed by atoms with Crippen molar-refractivity contribution in [3.63, 3.8) is 0 Å². The summed E-state index contributed by atoms with van der Waals surface area (Å²) in [5.74, 6) is 1.05. The number of rotatable bonds is 4. The molecular weight excluding hydrogens is 415 g/mol. The molecule has 0 aliphatic carbocycles. The molecule has 0 aliphatic heterocycles. The first-order chi connectivity index (χ1) is 12.5. The van der Waals surface area contributed by atoms with Crippen molar-refractivity contribution in [3.05, 3.63) is 56.4 Å². The lowest BCUT2D eigenvalue weighted by atomic mass is 10.2. The monoisotopic (exact) mass is 424 g/mol. The molecule has 3 aromatic heterocycles. The van der Waals surface area contributed by atoms with E-state index in [4.69, 9.17) is 34.8 Å². The number of nitrogens with zero attached hydrogens (tertiary/aromatic N) is 5. The van der Waals surface area contributed by atoms with Crippen LogP contribution in [0.3, 0.4) is 0 Å². The SMILES string of the molecule is Cc1sc2nc(-n3cncn3)nc(NCc3ccc(Cl)c(Cl)c3)c2c1Cl. The van der Waals surface area contributed by atoms with E-state index < -0.39 is 0 Å². The minimum Gasteiger partial charge on any atom is -0.365 e. The van der Waals surface area contributed by atoms with E-state index >= 15 is 0 Å². The van der Waals surface area contributed by atoms with Crippen LogP contribution < -0.4 is 5.32 Å². The number of aromatic nitrogens is 5. The molecule has 10 heteroatoms.